The lowest BCUT2D eigenvalue weighted by atomic mass is 10.4. The Morgan fingerprint density at radius 3 is 1.83 bits per heavy atom. The zero-order valence-electron chi connectivity index (χ0n) is 9.30. The van der Waals surface area contributed by atoms with Gasteiger partial charge in [-0.2, -0.15) is 0 Å². The van der Waals surface area contributed by atoms with E-state index in [4.69, 9.17) is 5.84 Å². The number of hydrogen-bond acceptors (Lipinski definition) is 3. The lowest BCUT2D eigenvalue weighted by Gasteiger charge is -2.17. The van der Waals surface area contributed by atoms with Crippen LogP contribution in [0.25, 0.3) is 0 Å². The molecular weight excluding hydrogens is 150 g/mol. The van der Waals surface area contributed by atoms with Crippen LogP contribution < -0.4 is 5.84 Å². The van der Waals surface area contributed by atoms with Gasteiger partial charge >= 0.3 is 0 Å². The van der Waals surface area contributed by atoms with Gasteiger partial charge in [0.1, 0.15) is 0 Å². The van der Waals surface area contributed by atoms with Crippen molar-refractivity contribution in [1.29, 1.82) is 0 Å². The molecule has 0 atom stereocenters. The number of rotatable bonds is 5. The topological polar surface area (TPSA) is 32.5 Å². The molecule has 0 radical (unpaired) electrons. The van der Waals surface area contributed by atoms with Crippen LogP contribution in [0.1, 0.15) is 27.2 Å². The van der Waals surface area contributed by atoms with Crippen molar-refractivity contribution in [2.24, 2.45) is 5.84 Å². The van der Waals surface area contributed by atoms with Gasteiger partial charge in [0, 0.05) is 19.6 Å². The first-order chi connectivity index (χ1) is 5.66. The normalized spacial score (nSPS) is 10.0. The van der Waals surface area contributed by atoms with E-state index >= 15 is 0 Å². The van der Waals surface area contributed by atoms with Gasteiger partial charge in [-0.15, -0.1) is 0 Å². The average Bonchev–Trinajstić information content (AvgIpc) is 2.05. The molecule has 3 heteroatoms. The standard InChI is InChI=1S/C7H19N3.C2H6/c1-4-5-10(8)7-6-9(2)3;1-2/h4-8H2,1-3H3;1-2H3. The number of likely N-dealkylation sites (N-methyl/N-ethyl adjacent to an activating group) is 1. The Hall–Kier alpha value is -0.120. The molecule has 0 aromatic rings. The molecule has 0 spiro atoms. The third kappa shape index (κ3) is 12.5. The third-order valence-corrected chi connectivity index (χ3v) is 1.35. The average molecular weight is 175 g/mol. The van der Waals surface area contributed by atoms with E-state index in [1.165, 1.54) is 0 Å². The fourth-order valence-electron chi connectivity index (χ4n) is 0.727. The minimum atomic E-state index is 0.959. The summed E-state index contributed by atoms with van der Waals surface area (Å²) in [5.74, 6) is 5.64. The summed E-state index contributed by atoms with van der Waals surface area (Å²) in [5, 5.41) is 1.86. The summed E-state index contributed by atoms with van der Waals surface area (Å²) in [6.07, 6.45) is 1.13. The highest BCUT2D eigenvalue weighted by Crippen LogP contribution is 1.82. The summed E-state index contributed by atoms with van der Waals surface area (Å²) in [6.45, 7) is 9.13. The summed E-state index contributed by atoms with van der Waals surface area (Å²) in [6, 6.07) is 0. The zero-order chi connectivity index (χ0) is 9.98. The molecule has 0 bridgehead atoms. The second-order valence-corrected chi connectivity index (χ2v) is 2.84. The molecule has 0 aromatic carbocycles. The number of hydrogen-bond donors (Lipinski definition) is 1. The maximum absolute atomic E-state index is 5.64. The van der Waals surface area contributed by atoms with Crippen LogP contribution in [-0.4, -0.2) is 43.6 Å². The molecule has 0 saturated carbocycles. The Morgan fingerprint density at radius 1 is 1.00 bits per heavy atom. The van der Waals surface area contributed by atoms with Crippen LogP contribution in [0.4, 0.5) is 0 Å². The molecule has 3 nitrogen and oxygen atoms in total. The van der Waals surface area contributed by atoms with Crippen molar-refractivity contribution in [1.82, 2.24) is 9.91 Å². The number of nitrogens with two attached hydrogens (primary N) is 1. The number of nitrogens with zero attached hydrogens (tertiary/aromatic N) is 2. The van der Waals surface area contributed by atoms with Gasteiger partial charge in [0.25, 0.3) is 0 Å². The van der Waals surface area contributed by atoms with Gasteiger partial charge in [-0.1, -0.05) is 20.8 Å². The Balaban J connectivity index is 0. The van der Waals surface area contributed by atoms with E-state index < -0.39 is 0 Å². The Kier molecular flexibility index (Phi) is 13.1. The Bertz CT molecular complexity index is 74.2. The van der Waals surface area contributed by atoms with Gasteiger partial charge in [0.15, 0.2) is 0 Å². The minimum Gasteiger partial charge on any atom is -0.308 e. The summed E-state index contributed by atoms with van der Waals surface area (Å²) < 4.78 is 0. The van der Waals surface area contributed by atoms with Crippen LogP contribution in [0, 0.1) is 0 Å². The second-order valence-electron chi connectivity index (χ2n) is 2.84. The van der Waals surface area contributed by atoms with Crippen molar-refractivity contribution < 1.29 is 0 Å². The van der Waals surface area contributed by atoms with E-state index in [1.807, 2.05) is 18.9 Å². The highest BCUT2D eigenvalue weighted by molar-refractivity contribution is 4.49. The van der Waals surface area contributed by atoms with Gasteiger partial charge in [0.2, 0.25) is 0 Å². The van der Waals surface area contributed by atoms with Gasteiger partial charge < -0.3 is 4.90 Å². The molecule has 0 aliphatic heterocycles. The van der Waals surface area contributed by atoms with Gasteiger partial charge in [0.05, 0.1) is 0 Å². The molecule has 0 amide bonds. The van der Waals surface area contributed by atoms with E-state index in [0.29, 0.717) is 0 Å². The zero-order valence-corrected chi connectivity index (χ0v) is 9.30. The van der Waals surface area contributed by atoms with Crippen molar-refractivity contribution in [2.75, 3.05) is 33.7 Å². The molecule has 0 rings (SSSR count). The first-order valence-corrected chi connectivity index (χ1v) is 4.81. The van der Waals surface area contributed by atoms with E-state index in [0.717, 1.165) is 26.1 Å². The molecule has 76 valence electrons. The van der Waals surface area contributed by atoms with Crippen molar-refractivity contribution in [2.45, 2.75) is 27.2 Å². The SMILES string of the molecule is CC.CCCN(N)CCN(C)C. The van der Waals surface area contributed by atoms with E-state index in [9.17, 15) is 0 Å². The van der Waals surface area contributed by atoms with Gasteiger partial charge in [-0.25, -0.2) is 5.01 Å². The highest BCUT2D eigenvalue weighted by Gasteiger charge is 1.96. The van der Waals surface area contributed by atoms with Crippen LogP contribution in [0.15, 0.2) is 0 Å². The first kappa shape index (κ1) is 14.4. The quantitative estimate of drug-likeness (QED) is 0.503. The molecule has 0 saturated heterocycles. The Morgan fingerprint density at radius 2 is 1.50 bits per heavy atom. The van der Waals surface area contributed by atoms with Crippen LogP contribution >= 0.6 is 0 Å². The number of hydrazine groups is 1. The molecule has 0 aliphatic carbocycles. The third-order valence-electron chi connectivity index (χ3n) is 1.35. The molecule has 0 aliphatic rings. The van der Waals surface area contributed by atoms with E-state index in [2.05, 4.69) is 25.9 Å². The molecular formula is C9H25N3. The van der Waals surface area contributed by atoms with E-state index in [-0.39, 0.29) is 0 Å². The van der Waals surface area contributed by atoms with Crippen LogP contribution in [0.5, 0.6) is 0 Å². The molecule has 0 fully saturated rings. The summed E-state index contributed by atoms with van der Waals surface area (Å²) in [5.41, 5.74) is 0. The minimum absolute atomic E-state index is 0.959. The van der Waals surface area contributed by atoms with Crippen LogP contribution in [-0.2, 0) is 0 Å². The highest BCUT2D eigenvalue weighted by atomic mass is 15.4. The predicted octanol–water partition coefficient (Wildman–Crippen LogP) is 1.16. The second kappa shape index (κ2) is 10.9. The fourth-order valence-corrected chi connectivity index (χ4v) is 0.727. The van der Waals surface area contributed by atoms with Crippen molar-refractivity contribution in [3.05, 3.63) is 0 Å². The maximum atomic E-state index is 5.64. The van der Waals surface area contributed by atoms with Crippen molar-refractivity contribution >= 4 is 0 Å². The van der Waals surface area contributed by atoms with Crippen molar-refractivity contribution in [3.8, 4) is 0 Å². The van der Waals surface area contributed by atoms with Crippen LogP contribution in [0.3, 0.4) is 0 Å². The first-order valence-electron chi connectivity index (χ1n) is 4.81. The van der Waals surface area contributed by atoms with Crippen molar-refractivity contribution in [3.63, 3.8) is 0 Å². The molecule has 0 aromatic heterocycles. The smallest absolute Gasteiger partial charge is 0.0256 e. The lowest BCUT2D eigenvalue weighted by molar-refractivity contribution is 0.247. The summed E-state index contributed by atoms with van der Waals surface area (Å²) >= 11 is 0. The Labute approximate surface area is 77.5 Å². The maximum Gasteiger partial charge on any atom is 0.0256 e. The molecule has 12 heavy (non-hydrogen) atoms. The van der Waals surface area contributed by atoms with Crippen LogP contribution in [0.2, 0.25) is 0 Å². The van der Waals surface area contributed by atoms with Gasteiger partial charge in [-0.05, 0) is 20.5 Å². The molecule has 2 N–H and O–H groups in total. The summed E-state index contributed by atoms with van der Waals surface area (Å²) in [4.78, 5) is 2.13. The predicted molar refractivity (Wildman–Crippen MR) is 56.0 cm³/mol. The molecule has 0 unspecified atom stereocenters. The monoisotopic (exact) mass is 175 g/mol. The van der Waals surface area contributed by atoms with Gasteiger partial charge in [-0.3, -0.25) is 5.84 Å². The molecule has 0 heterocycles. The van der Waals surface area contributed by atoms with E-state index in [1.54, 1.807) is 0 Å². The lowest BCUT2D eigenvalue weighted by Crippen LogP contribution is -2.37. The summed E-state index contributed by atoms with van der Waals surface area (Å²) in [7, 11) is 4.11. The largest absolute Gasteiger partial charge is 0.308 e. The fraction of sp³-hybridized carbons (Fsp3) is 1.00.